The lowest BCUT2D eigenvalue weighted by molar-refractivity contribution is 0.291. The number of rotatable bonds is 6. The second-order valence-electron chi connectivity index (χ2n) is 6.27. The minimum absolute atomic E-state index is 0.492. The molecule has 0 spiro atoms. The van der Waals surface area contributed by atoms with Gasteiger partial charge in [0.25, 0.3) is 0 Å². The SMILES string of the molecule is CCNC(Cc1nc2ccccc2o1)CC1CCCCC1. The monoisotopic (exact) mass is 286 g/mol. The van der Waals surface area contributed by atoms with Crippen LogP contribution in [0.1, 0.15) is 51.3 Å². The largest absolute Gasteiger partial charge is 0.441 e. The summed E-state index contributed by atoms with van der Waals surface area (Å²) in [7, 11) is 0. The Kier molecular flexibility index (Phi) is 4.91. The predicted molar refractivity (Wildman–Crippen MR) is 86.4 cm³/mol. The van der Waals surface area contributed by atoms with E-state index in [1.807, 2.05) is 24.3 Å². The number of fused-ring (bicyclic) bond motifs is 1. The quantitative estimate of drug-likeness (QED) is 0.859. The molecule has 0 saturated heterocycles. The maximum atomic E-state index is 5.88. The summed E-state index contributed by atoms with van der Waals surface area (Å²) in [6.45, 7) is 3.19. The molecule has 1 aliphatic carbocycles. The Labute approximate surface area is 127 Å². The van der Waals surface area contributed by atoms with Crippen LogP contribution in [0, 0.1) is 5.92 Å². The van der Waals surface area contributed by atoms with Crippen LogP contribution in [-0.2, 0) is 6.42 Å². The highest BCUT2D eigenvalue weighted by Gasteiger charge is 2.20. The molecule has 1 heterocycles. The number of oxazole rings is 1. The molecule has 1 aromatic carbocycles. The second kappa shape index (κ2) is 7.08. The Morgan fingerprint density at radius 3 is 2.81 bits per heavy atom. The van der Waals surface area contributed by atoms with Crippen molar-refractivity contribution in [3.8, 4) is 0 Å². The first-order valence-corrected chi connectivity index (χ1v) is 8.43. The Morgan fingerprint density at radius 2 is 2.05 bits per heavy atom. The molecule has 0 bridgehead atoms. The molecule has 2 aromatic rings. The van der Waals surface area contributed by atoms with Gasteiger partial charge in [0.05, 0.1) is 0 Å². The van der Waals surface area contributed by atoms with E-state index in [2.05, 4.69) is 17.2 Å². The lowest BCUT2D eigenvalue weighted by Crippen LogP contribution is -2.33. The Balaban J connectivity index is 1.65. The van der Waals surface area contributed by atoms with Gasteiger partial charge in [-0.25, -0.2) is 4.98 Å². The molecule has 3 nitrogen and oxygen atoms in total. The molecule has 1 aliphatic rings. The van der Waals surface area contributed by atoms with Crippen molar-refractivity contribution in [1.29, 1.82) is 0 Å². The minimum Gasteiger partial charge on any atom is -0.441 e. The molecule has 1 fully saturated rings. The average Bonchev–Trinajstić information content (AvgIpc) is 2.90. The second-order valence-corrected chi connectivity index (χ2v) is 6.27. The number of nitrogens with one attached hydrogen (secondary N) is 1. The van der Waals surface area contributed by atoms with Gasteiger partial charge in [0.1, 0.15) is 5.52 Å². The molecule has 3 heteroatoms. The first-order valence-electron chi connectivity index (χ1n) is 8.43. The van der Waals surface area contributed by atoms with Crippen LogP contribution in [0.25, 0.3) is 11.1 Å². The Hall–Kier alpha value is -1.35. The third kappa shape index (κ3) is 3.85. The first kappa shape index (κ1) is 14.6. The maximum absolute atomic E-state index is 5.88. The van der Waals surface area contributed by atoms with Gasteiger partial charge in [0.15, 0.2) is 11.5 Å². The van der Waals surface area contributed by atoms with Crippen molar-refractivity contribution in [1.82, 2.24) is 10.3 Å². The summed E-state index contributed by atoms with van der Waals surface area (Å²) in [5.41, 5.74) is 1.88. The van der Waals surface area contributed by atoms with Gasteiger partial charge < -0.3 is 9.73 Å². The lowest BCUT2D eigenvalue weighted by atomic mass is 9.84. The summed E-state index contributed by atoms with van der Waals surface area (Å²) >= 11 is 0. The Bertz CT molecular complexity index is 524. The van der Waals surface area contributed by atoms with E-state index < -0.39 is 0 Å². The van der Waals surface area contributed by atoms with Crippen LogP contribution in [0.4, 0.5) is 0 Å². The number of hydrogen-bond acceptors (Lipinski definition) is 3. The van der Waals surface area contributed by atoms with E-state index in [1.54, 1.807) is 0 Å². The van der Waals surface area contributed by atoms with E-state index in [0.29, 0.717) is 6.04 Å². The van der Waals surface area contributed by atoms with Gasteiger partial charge in [-0.3, -0.25) is 0 Å². The highest BCUT2D eigenvalue weighted by atomic mass is 16.3. The van der Waals surface area contributed by atoms with E-state index >= 15 is 0 Å². The molecule has 1 unspecified atom stereocenters. The molecule has 0 amide bonds. The maximum Gasteiger partial charge on any atom is 0.197 e. The van der Waals surface area contributed by atoms with Gasteiger partial charge in [-0.1, -0.05) is 51.2 Å². The van der Waals surface area contributed by atoms with Crippen LogP contribution in [0.5, 0.6) is 0 Å². The number of hydrogen-bond donors (Lipinski definition) is 1. The van der Waals surface area contributed by atoms with Crippen molar-refractivity contribution in [3.05, 3.63) is 30.2 Å². The van der Waals surface area contributed by atoms with E-state index in [1.165, 1.54) is 38.5 Å². The number of nitrogens with zero attached hydrogens (tertiary/aromatic N) is 1. The van der Waals surface area contributed by atoms with Crippen molar-refractivity contribution in [2.45, 2.75) is 57.9 Å². The van der Waals surface area contributed by atoms with Crippen LogP contribution in [0.3, 0.4) is 0 Å². The van der Waals surface area contributed by atoms with Gasteiger partial charge in [-0.15, -0.1) is 0 Å². The summed E-state index contributed by atoms with van der Waals surface area (Å²) < 4.78 is 5.88. The van der Waals surface area contributed by atoms with Gasteiger partial charge in [0.2, 0.25) is 0 Å². The standard InChI is InChI=1S/C18H26N2O/c1-2-19-15(12-14-8-4-3-5-9-14)13-18-20-16-10-6-7-11-17(16)21-18/h6-7,10-11,14-15,19H,2-5,8-9,12-13H2,1H3. The highest BCUT2D eigenvalue weighted by molar-refractivity contribution is 5.72. The third-order valence-electron chi connectivity index (χ3n) is 4.59. The van der Waals surface area contributed by atoms with Crippen LogP contribution < -0.4 is 5.32 Å². The number of aromatic nitrogens is 1. The number of benzene rings is 1. The molecular weight excluding hydrogens is 260 g/mol. The van der Waals surface area contributed by atoms with Crippen LogP contribution in [0.15, 0.2) is 28.7 Å². The topological polar surface area (TPSA) is 38.1 Å². The zero-order chi connectivity index (χ0) is 14.5. The number of likely N-dealkylation sites (N-methyl/N-ethyl adjacent to an activating group) is 1. The van der Waals surface area contributed by atoms with Crippen LogP contribution >= 0.6 is 0 Å². The third-order valence-corrected chi connectivity index (χ3v) is 4.59. The molecule has 0 aliphatic heterocycles. The molecular formula is C18H26N2O. The summed E-state index contributed by atoms with van der Waals surface area (Å²) in [6, 6.07) is 8.52. The predicted octanol–water partition coefficient (Wildman–Crippen LogP) is 4.32. The van der Waals surface area contributed by atoms with E-state index in [-0.39, 0.29) is 0 Å². The van der Waals surface area contributed by atoms with Crippen molar-refractivity contribution in [3.63, 3.8) is 0 Å². The van der Waals surface area contributed by atoms with Crippen molar-refractivity contribution < 1.29 is 4.42 Å². The highest BCUT2D eigenvalue weighted by Crippen LogP contribution is 2.28. The van der Waals surface area contributed by atoms with Crippen molar-refractivity contribution in [2.24, 2.45) is 5.92 Å². The normalized spacial score (nSPS) is 18.1. The van der Waals surface area contributed by atoms with Gasteiger partial charge in [0, 0.05) is 12.5 Å². The minimum atomic E-state index is 0.492. The van der Waals surface area contributed by atoms with E-state index in [4.69, 9.17) is 4.42 Å². The van der Waals surface area contributed by atoms with E-state index in [9.17, 15) is 0 Å². The molecule has 1 saturated carbocycles. The van der Waals surface area contributed by atoms with Crippen molar-refractivity contribution in [2.75, 3.05) is 6.54 Å². The lowest BCUT2D eigenvalue weighted by Gasteiger charge is -2.26. The van der Waals surface area contributed by atoms with Gasteiger partial charge in [-0.2, -0.15) is 0 Å². The fourth-order valence-electron chi connectivity index (χ4n) is 3.57. The molecule has 3 rings (SSSR count). The van der Waals surface area contributed by atoms with Crippen LogP contribution in [-0.4, -0.2) is 17.6 Å². The molecule has 1 N–H and O–H groups in total. The molecule has 1 aromatic heterocycles. The zero-order valence-electron chi connectivity index (χ0n) is 13.0. The summed E-state index contributed by atoms with van der Waals surface area (Å²) in [5.74, 6) is 1.75. The summed E-state index contributed by atoms with van der Waals surface area (Å²) in [6.07, 6.45) is 9.20. The number of para-hydroxylation sites is 2. The van der Waals surface area contributed by atoms with Crippen molar-refractivity contribution >= 4 is 11.1 Å². The molecule has 1 atom stereocenters. The smallest absolute Gasteiger partial charge is 0.197 e. The van der Waals surface area contributed by atoms with Crippen LogP contribution in [0.2, 0.25) is 0 Å². The fraction of sp³-hybridized carbons (Fsp3) is 0.611. The zero-order valence-corrected chi connectivity index (χ0v) is 13.0. The van der Waals surface area contributed by atoms with E-state index in [0.717, 1.165) is 35.9 Å². The molecule has 114 valence electrons. The van der Waals surface area contributed by atoms with Gasteiger partial charge in [-0.05, 0) is 31.0 Å². The Morgan fingerprint density at radius 1 is 1.24 bits per heavy atom. The average molecular weight is 286 g/mol. The summed E-state index contributed by atoms with van der Waals surface area (Å²) in [4.78, 5) is 4.62. The first-order chi connectivity index (χ1) is 10.3. The molecule has 0 radical (unpaired) electrons. The van der Waals surface area contributed by atoms with Gasteiger partial charge >= 0.3 is 0 Å². The summed E-state index contributed by atoms with van der Waals surface area (Å²) in [5, 5.41) is 3.62. The fourth-order valence-corrected chi connectivity index (χ4v) is 3.57. The molecule has 21 heavy (non-hydrogen) atoms.